The SMILES string of the molecule is CCCN1C(=O)[C@H](CC(=O)Nc2cccc(Cl)c2)SC1=Nc1cccc(S(=O)(=O)N(C)C)c1. The molecular formula is C22H25ClN4O4S2. The van der Waals surface area contributed by atoms with Crippen LogP contribution in [0.25, 0.3) is 0 Å². The van der Waals surface area contributed by atoms with Gasteiger partial charge in [0.15, 0.2) is 5.17 Å². The van der Waals surface area contributed by atoms with Crippen LogP contribution in [-0.2, 0) is 19.6 Å². The van der Waals surface area contributed by atoms with Gasteiger partial charge in [-0.25, -0.2) is 17.7 Å². The van der Waals surface area contributed by atoms with E-state index < -0.39 is 15.3 Å². The smallest absolute Gasteiger partial charge is 0.242 e. The van der Waals surface area contributed by atoms with Gasteiger partial charge in [0.1, 0.15) is 5.25 Å². The zero-order chi connectivity index (χ0) is 24.2. The minimum Gasteiger partial charge on any atom is -0.326 e. The highest BCUT2D eigenvalue weighted by molar-refractivity contribution is 8.15. The molecule has 11 heteroatoms. The predicted molar refractivity (Wildman–Crippen MR) is 132 cm³/mol. The van der Waals surface area contributed by atoms with Gasteiger partial charge in [0.2, 0.25) is 21.8 Å². The number of thioether (sulfide) groups is 1. The molecule has 2 aromatic rings. The summed E-state index contributed by atoms with van der Waals surface area (Å²) in [5, 5.41) is 3.08. The van der Waals surface area contributed by atoms with E-state index >= 15 is 0 Å². The molecule has 1 aliphatic rings. The summed E-state index contributed by atoms with van der Waals surface area (Å²) in [5.41, 5.74) is 0.972. The first-order valence-electron chi connectivity index (χ1n) is 10.3. The summed E-state index contributed by atoms with van der Waals surface area (Å²) in [6.45, 7) is 2.39. The third kappa shape index (κ3) is 6.14. The van der Waals surface area contributed by atoms with Gasteiger partial charge in [0, 0.05) is 37.8 Å². The number of anilines is 1. The van der Waals surface area contributed by atoms with Gasteiger partial charge >= 0.3 is 0 Å². The molecule has 2 amide bonds. The first-order valence-corrected chi connectivity index (χ1v) is 13.0. The van der Waals surface area contributed by atoms with Gasteiger partial charge in [-0.15, -0.1) is 0 Å². The summed E-state index contributed by atoms with van der Waals surface area (Å²) in [4.78, 5) is 31.7. The van der Waals surface area contributed by atoms with E-state index in [9.17, 15) is 18.0 Å². The average Bonchev–Trinajstić information content (AvgIpc) is 3.03. The Morgan fingerprint density at radius 3 is 2.61 bits per heavy atom. The first-order chi connectivity index (χ1) is 15.6. The largest absolute Gasteiger partial charge is 0.326 e. The molecule has 0 spiro atoms. The number of hydrogen-bond donors (Lipinski definition) is 1. The zero-order valence-electron chi connectivity index (χ0n) is 18.5. The Labute approximate surface area is 203 Å². The van der Waals surface area contributed by atoms with E-state index in [1.54, 1.807) is 41.3 Å². The van der Waals surface area contributed by atoms with Crippen LogP contribution in [0.15, 0.2) is 58.4 Å². The highest BCUT2D eigenvalue weighted by Gasteiger charge is 2.38. The summed E-state index contributed by atoms with van der Waals surface area (Å²) < 4.78 is 26.0. The number of aliphatic imine (C=N–C) groups is 1. The number of carbonyl (C=O) groups excluding carboxylic acids is 2. The van der Waals surface area contributed by atoms with E-state index in [4.69, 9.17) is 11.6 Å². The van der Waals surface area contributed by atoms with Crippen LogP contribution < -0.4 is 5.32 Å². The highest BCUT2D eigenvalue weighted by Crippen LogP contribution is 2.32. The lowest BCUT2D eigenvalue weighted by Crippen LogP contribution is -2.34. The number of rotatable bonds is 8. The number of sulfonamides is 1. The molecule has 0 radical (unpaired) electrons. The minimum atomic E-state index is -3.61. The van der Waals surface area contributed by atoms with Crippen molar-refractivity contribution in [3.63, 3.8) is 0 Å². The molecule has 33 heavy (non-hydrogen) atoms. The molecule has 8 nitrogen and oxygen atoms in total. The second-order valence-corrected chi connectivity index (χ2v) is 11.3. The van der Waals surface area contributed by atoms with E-state index in [1.165, 1.54) is 38.0 Å². The number of hydrogen-bond acceptors (Lipinski definition) is 6. The van der Waals surface area contributed by atoms with Crippen LogP contribution in [-0.4, -0.2) is 60.5 Å². The van der Waals surface area contributed by atoms with Crippen molar-refractivity contribution in [1.82, 2.24) is 9.21 Å². The van der Waals surface area contributed by atoms with Crippen LogP contribution in [0.2, 0.25) is 5.02 Å². The molecule has 176 valence electrons. The first kappa shape index (κ1) is 25.2. The fraction of sp³-hybridized carbons (Fsp3) is 0.318. The van der Waals surface area contributed by atoms with Gasteiger partial charge in [-0.2, -0.15) is 0 Å². The van der Waals surface area contributed by atoms with Crippen molar-refractivity contribution in [2.75, 3.05) is 26.0 Å². The lowest BCUT2D eigenvalue weighted by atomic mass is 10.2. The van der Waals surface area contributed by atoms with Crippen LogP contribution in [0.5, 0.6) is 0 Å². The fourth-order valence-corrected chi connectivity index (χ4v) is 5.45. The lowest BCUT2D eigenvalue weighted by molar-refractivity contribution is -0.128. The molecule has 1 N–H and O–H groups in total. The van der Waals surface area contributed by atoms with Crippen molar-refractivity contribution < 1.29 is 18.0 Å². The standard InChI is InChI=1S/C22H25ClN4O4S2/c1-4-11-27-21(29)19(14-20(28)24-16-8-5-7-15(23)12-16)32-22(27)25-17-9-6-10-18(13-17)33(30,31)26(2)3/h5-10,12-13,19H,4,11,14H2,1-3H3,(H,24,28)/t19-/m0/s1. The summed E-state index contributed by atoms with van der Waals surface area (Å²) >= 11 is 7.16. The highest BCUT2D eigenvalue weighted by atomic mass is 35.5. The Morgan fingerprint density at radius 2 is 1.94 bits per heavy atom. The van der Waals surface area contributed by atoms with E-state index in [2.05, 4.69) is 10.3 Å². The van der Waals surface area contributed by atoms with Gasteiger partial charge in [0.25, 0.3) is 0 Å². The van der Waals surface area contributed by atoms with Crippen LogP contribution >= 0.6 is 23.4 Å². The topological polar surface area (TPSA) is 99.1 Å². The fourth-order valence-electron chi connectivity index (χ4n) is 3.14. The third-order valence-electron chi connectivity index (χ3n) is 4.77. The monoisotopic (exact) mass is 508 g/mol. The van der Waals surface area contributed by atoms with E-state index in [-0.39, 0.29) is 23.1 Å². The maximum absolute atomic E-state index is 13.0. The Bertz CT molecular complexity index is 1180. The number of nitrogens with zero attached hydrogens (tertiary/aromatic N) is 3. The van der Waals surface area contributed by atoms with Crippen molar-refractivity contribution in [3.05, 3.63) is 53.6 Å². The minimum absolute atomic E-state index is 0.0235. The molecule has 1 atom stereocenters. The molecule has 1 aliphatic heterocycles. The molecule has 3 rings (SSSR count). The third-order valence-corrected chi connectivity index (χ3v) is 7.99. The quantitative estimate of drug-likeness (QED) is 0.581. The van der Waals surface area contributed by atoms with Gasteiger partial charge < -0.3 is 5.32 Å². The Hall–Kier alpha value is -2.40. The number of nitrogens with one attached hydrogen (secondary N) is 1. The van der Waals surface area contributed by atoms with Crippen LogP contribution in [0, 0.1) is 0 Å². The van der Waals surface area contributed by atoms with E-state index in [0.717, 1.165) is 4.31 Å². The Morgan fingerprint density at radius 1 is 1.21 bits per heavy atom. The van der Waals surface area contributed by atoms with Gasteiger partial charge in [0.05, 0.1) is 10.6 Å². The van der Waals surface area contributed by atoms with Crippen LogP contribution in [0.3, 0.4) is 0 Å². The molecule has 1 fully saturated rings. The summed E-state index contributed by atoms with van der Waals surface area (Å²) in [6.07, 6.45) is 0.687. The summed E-state index contributed by atoms with van der Waals surface area (Å²) in [5.74, 6) is -0.501. The van der Waals surface area contributed by atoms with Crippen LogP contribution in [0.4, 0.5) is 11.4 Å². The molecule has 0 saturated carbocycles. The second kappa shape index (κ2) is 10.7. The van der Waals surface area contributed by atoms with E-state index in [1.807, 2.05) is 6.92 Å². The molecule has 1 heterocycles. The van der Waals surface area contributed by atoms with Crippen molar-refractivity contribution >= 4 is 61.7 Å². The number of carbonyl (C=O) groups is 2. The number of amides is 2. The van der Waals surface area contributed by atoms with Crippen molar-refractivity contribution in [3.8, 4) is 0 Å². The molecule has 0 aromatic heterocycles. The molecule has 1 saturated heterocycles. The zero-order valence-corrected chi connectivity index (χ0v) is 20.9. The van der Waals surface area contributed by atoms with E-state index in [0.29, 0.717) is 34.5 Å². The van der Waals surface area contributed by atoms with Crippen molar-refractivity contribution in [1.29, 1.82) is 0 Å². The second-order valence-electron chi connectivity index (χ2n) is 7.54. The average molecular weight is 509 g/mol. The maximum Gasteiger partial charge on any atom is 0.242 e. The Balaban J connectivity index is 1.80. The summed E-state index contributed by atoms with van der Waals surface area (Å²) in [6, 6.07) is 13.0. The van der Waals surface area contributed by atoms with Gasteiger partial charge in [-0.3, -0.25) is 14.5 Å². The van der Waals surface area contributed by atoms with Gasteiger partial charge in [-0.05, 0) is 42.8 Å². The Kier molecular flexibility index (Phi) is 8.17. The molecule has 0 aliphatic carbocycles. The molecule has 0 unspecified atom stereocenters. The number of halogens is 1. The van der Waals surface area contributed by atoms with Crippen molar-refractivity contribution in [2.24, 2.45) is 4.99 Å². The normalized spacial score (nSPS) is 17.7. The van der Waals surface area contributed by atoms with Gasteiger partial charge in [-0.1, -0.05) is 42.4 Å². The maximum atomic E-state index is 13.0. The molecule has 2 aromatic carbocycles. The lowest BCUT2D eigenvalue weighted by Gasteiger charge is -2.15. The van der Waals surface area contributed by atoms with Crippen LogP contribution in [0.1, 0.15) is 19.8 Å². The number of amidine groups is 1. The molecule has 0 bridgehead atoms. The number of benzene rings is 2. The van der Waals surface area contributed by atoms with Crippen molar-refractivity contribution in [2.45, 2.75) is 29.9 Å². The molecular weight excluding hydrogens is 484 g/mol. The summed E-state index contributed by atoms with van der Waals surface area (Å²) in [7, 11) is -0.693. The predicted octanol–water partition coefficient (Wildman–Crippen LogP) is 3.96.